The van der Waals surface area contributed by atoms with Gasteiger partial charge >= 0.3 is 0 Å². The van der Waals surface area contributed by atoms with E-state index in [1.165, 1.54) is 25.0 Å². The fourth-order valence-corrected chi connectivity index (χ4v) is 3.73. The molecule has 0 spiro atoms. The van der Waals surface area contributed by atoms with Gasteiger partial charge < -0.3 is 5.32 Å². The van der Waals surface area contributed by atoms with E-state index in [-0.39, 0.29) is 11.7 Å². The second-order valence-corrected chi connectivity index (χ2v) is 7.54. The predicted octanol–water partition coefficient (Wildman–Crippen LogP) is 2.54. The first-order valence-electron chi connectivity index (χ1n) is 9.41. The molecule has 0 radical (unpaired) electrons. The Kier molecular flexibility index (Phi) is 4.76. The van der Waals surface area contributed by atoms with Crippen LogP contribution in [0.15, 0.2) is 42.7 Å². The maximum Gasteiger partial charge on any atom is 0.248 e. The Bertz CT molecular complexity index is 732. The van der Waals surface area contributed by atoms with Crippen LogP contribution in [-0.2, 0) is 16.9 Å². The molecule has 1 N–H and O–H groups in total. The number of benzene rings is 1. The number of rotatable bonds is 6. The van der Waals surface area contributed by atoms with Gasteiger partial charge in [0.15, 0.2) is 0 Å². The summed E-state index contributed by atoms with van der Waals surface area (Å²) < 4.78 is 14.9. The van der Waals surface area contributed by atoms with Crippen molar-refractivity contribution in [3.8, 4) is 0 Å². The largest absolute Gasteiger partial charge is 0.354 e. The number of carbonyl (C=O) groups is 1. The smallest absolute Gasteiger partial charge is 0.248 e. The Morgan fingerprint density at radius 2 is 1.96 bits per heavy atom. The summed E-state index contributed by atoms with van der Waals surface area (Å²) in [5.74, 6) is 0.541. The van der Waals surface area contributed by atoms with Crippen LogP contribution in [0.3, 0.4) is 0 Å². The Hall–Kier alpha value is -2.21. The van der Waals surface area contributed by atoms with Gasteiger partial charge in [0.2, 0.25) is 5.91 Å². The van der Waals surface area contributed by atoms with Crippen LogP contribution < -0.4 is 5.32 Å². The lowest BCUT2D eigenvalue weighted by atomic mass is 9.86. The topological polar surface area (TPSA) is 50.2 Å². The first kappa shape index (κ1) is 17.2. The molecule has 4 rings (SSSR count). The molecule has 26 heavy (non-hydrogen) atoms. The molecule has 1 aliphatic carbocycles. The van der Waals surface area contributed by atoms with E-state index < -0.39 is 5.54 Å². The number of aromatic nitrogens is 2. The van der Waals surface area contributed by atoms with Crippen LogP contribution in [0.1, 0.15) is 31.2 Å². The van der Waals surface area contributed by atoms with Gasteiger partial charge in [-0.2, -0.15) is 5.10 Å². The molecule has 1 aliphatic heterocycles. The van der Waals surface area contributed by atoms with E-state index in [0.29, 0.717) is 5.92 Å². The third-order valence-electron chi connectivity index (χ3n) is 5.62. The maximum absolute atomic E-state index is 13.1. The first-order valence-corrected chi connectivity index (χ1v) is 9.41. The molecule has 0 atom stereocenters. The van der Waals surface area contributed by atoms with Gasteiger partial charge in [0, 0.05) is 38.6 Å². The summed E-state index contributed by atoms with van der Waals surface area (Å²) in [5, 5.41) is 7.54. The molecular formula is C20H25FN4O. The van der Waals surface area contributed by atoms with E-state index in [2.05, 4.69) is 15.3 Å². The molecule has 2 aliphatic rings. The lowest BCUT2D eigenvalue weighted by molar-refractivity contribution is -0.133. The van der Waals surface area contributed by atoms with Crippen molar-refractivity contribution in [2.75, 3.05) is 19.6 Å². The van der Waals surface area contributed by atoms with Crippen LogP contribution >= 0.6 is 0 Å². The van der Waals surface area contributed by atoms with Crippen molar-refractivity contribution >= 4 is 5.91 Å². The minimum absolute atomic E-state index is 0.0922. The molecule has 0 unspecified atom stereocenters. The zero-order chi connectivity index (χ0) is 18.0. The normalized spacial score (nSPS) is 20.0. The van der Waals surface area contributed by atoms with Crippen LogP contribution in [0.25, 0.3) is 0 Å². The lowest BCUT2D eigenvalue weighted by Gasteiger charge is -2.40. The van der Waals surface area contributed by atoms with Crippen LogP contribution in [-0.4, -0.2) is 40.2 Å². The summed E-state index contributed by atoms with van der Waals surface area (Å²) in [5.41, 5.74) is 0.494. The maximum atomic E-state index is 13.1. The van der Waals surface area contributed by atoms with Gasteiger partial charge in [-0.05, 0) is 55.4 Å². The molecule has 1 aromatic carbocycles. The van der Waals surface area contributed by atoms with E-state index in [4.69, 9.17) is 0 Å². The van der Waals surface area contributed by atoms with Crippen molar-refractivity contribution < 1.29 is 9.18 Å². The van der Waals surface area contributed by atoms with E-state index >= 15 is 0 Å². The average molecular weight is 356 g/mol. The van der Waals surface area contributed by atoms with Crippen molar-refractivity contribution in [2.24, 2.45) is 5.92 Å². The molecule has 2 aromatic rings. The van der Waals surface area contributed by atoms with Gasteiger partial charge in [-0.25, -0.2) is 4.39 Å². The highest BCUT2D eigenvalue weighted by Gasteiger charge is 2.44. The average Bonchev–Trinajstić information content (AvgIpc) is 3.33. The SMILES string of the molecule is O=C(NCC1CC1)C1(n2cccn2)CCN(Cc2ccc(F)cc2)CC1. The molecule has 2 heterocycles. The minimum Gasteiger partial charge on any atom is -0.354 e. The third kappa shape index (κ3) is 3.65. The molecule has 138 valence electrons. The molecule has 6 heteroatoms. The highest BCUT2D eigenvalue weighted by Crippen LogP contribution is 2.32. The van der Waals surface area contributed by atoms with Crippen LogP contribution in [0.5, 0.6) is 0 Å². The number of carbonyl (C=O) groups excluding carboxylic acids is 1. The van der Waals surface area contributed by atoms with Crippen LogP contribution in [0, 0.1) is 11.7 Å². The first-order chi connectivity index (χ1) is 12.7. The Balaban J connectivity index is 1.43. The molecular weight excluding hydrogens is 331 g/mol. The summed E-state index contributed by atoms with van der Waals surface area (Å²) in [6.07, 6.45) is 7.53. The summed E-state index contributed by atoms with van der Waals surface area (Å²) in [4.78, 5) is 15.3. The van der Waals surface area contributed by atoms with Crippen LogP contribution in [0.4, 0.5) is 4.39 Å². The number of piperidine rings is 1. The van der Waals surface area contributed by atoms with Gasteiger partial charge in [-0.3, -0.25) is 14.4 Å². The van der Waals surface area contributed by atoms with E-state index in [9.17, 15) is 9.18 Å². The Labute approximate surface area is 153 Å². The molecule has 1 saturated heterocycles. The van der Waals surface area contributed by atoms with Gasteiger partial charge in [-0.15, -0.1) is 0 Å². The van der Waals surface area contributed by atoms with E-state index in [1.807, 2.05) is 29.1 Å². The monoisotopic (exact) mass is 356 g/mol. The predicted molar refractivity (Wildman–Crippen MR) is 96.8 cm³/mol. The Morgan fingerprint density at radius 1 is 1.23 bits per heavy atom. The second kappa shape index (κ2) is 7.19. The molecule has 1 saturated carbocycles. The van der Waals surface area contributed by atoms with Crippen molar-refractivity contribution in [1.82, 2.24) is 20.0 Å². The molecule has 1 amide bonds. The van der Waals surface area contributed by atoms with Gasteiger partial charge in [-0.1, -0.05) is 12.1 Å². The standard InChI is InChI=1S/C20H25FN4O/c21-18-6-4-17(5-7-18)15-24-12-8-20(9-13-24,25-11-1-10-23-25)19(26)22-14-16-2-3-16/h1,4-7,10-11,16H,2-3,8-9,12-15H2,(H,22,26). The highest BCUT2D eigenvalue weighted by molar-refractivity contribution is 5.84. The van der Waals surface area contributed by atoms with Crippen LogP contribution in [0.2, 0.25) is 0 Å². The van der Waals surface area contributed by atoms with Gasteiger partial charge in [0.05, 0.1) is 0 Å². The number of amides is 1. The quantitative estimate of drug-likeness (QED) is 0.865. The Morgan fingerprint density at radius 3 is 2.58 bits per heavy atom. The van der Waals surface area contributed by atoms with Crippen molar-refractivity contribution in [3.63, 3.8) is 0 Å². The molecule has 0 bridgehead atoms. The van der Waals surface area contributed by atoms with E-state index in [0.717, 1.165) is 44.6 Å². The summed E-state index contributed by atoms with van der Waals surface area (Å²) in [6, 6.07) is 8.53. The van der Waals surface area contributed by atoms with E-state index in [1.54, 1.807) is 6.20 Å². The zero-order valence-electron chi connectivity index (χ0n) is 14.9. The van der Waals surface area contributed by atoms with Crippen molar-refractivity contribution in [2.45, 2.75) is 37.8 Å². The van der Waals surface area contributed by atoms with Crippen molar-refractivity contribution in [3.05, 3.63) is 54.1 Å². The molecule has 2 fully saturated rings. The lowest BCUT2D eigenvalue weighted by Crippen LogP contribution is -2.55. The fraction of sp³-hybridized carbons (Fsp3) is 0.500. The minimum atomic E-state index is -0.600. The third-order valence-corrected chi connectivity index (χ3v) is 5.62. The summed E-state index contributed by atoms with van der Waals surface area (Å²) in [6.45, 7) is 3.18. The molecule has 5 nitrogen and oxygen atoms in total. The second-order valence-electron chi connectivity index (χ2n) is 7.54. The van der Waals surface area contributed by atoms with Gasteiger partial charge in [0.25, 0.3) is 0 Å². The fourth-order valence-electron chi connectivity index (χ4n) is 3.73. The number of likely N-dealkylation sites (tertiary alicyclic amines) is 1. The highest BCUT2D eigenvalue weighted by atomic mass is 19.1. The molecule has 1 aromatic heterocycles. The number of halogens is 1. The number of nitrogens with zero attached hydrogens (tertiary/aromatic N) is 3. The number of hydrogen-bond donors (Lipinski definition) is 1. The van der Waals surface area contributed by atoms with Gasteiger partial charge in [0.1, 0.15) is 11.4 Å². The van der Waals surface area contributed by atoms with Crippen molar-refractivity contribution in [1.29, 1.82) is 0 Å². The number of nitrogens with one attached hydrogen (secondary N) is 1. The zero-order valence-corrected chi connectivity index (χ0v) is 14.9. The summed E-state index contributed by atoms with van der Waals surface area (Å²) >= 11 is 0. The number of hydrogen-bond acceptors (Lipinski definition) is 3. The summed E-state index contributed by atoms with van der Waals surface area (Å²) in [7, 11) is 0.